The van der Waals surface area contributed by atoms with Crippen LogP contribution in [-0.4, -0.2) is 45.1 Å². The van der Waals surface area contributed by atoms with Crippen molar-refractivity contribution < 1.29 is 13.2 Å². The first kappa shape index (κ1) is 23.5. The second-order valence-corrected chi connectivity index (χ2v) is 9.34. The molecule has 0 spiro atoms. The van der Waals surface area contributed by atoms with E-state index in [1.807, 2.05) is 13.8 Å². The van der Waals surface area contributed by atoms with Crippen molar-refractivity contribution in [1.82, 2.24) is 4.90 Å². The zero-order valence-corrected chi connectivity index (χ0v) is 18.9. The fourth-order valence-electron chi connectivity index (χ4n) is 3.17. The van der Waals surface area contributed by atoms with Gasteiger partial charge in [-0.3, -0.25) is 9.10 Å². The van der Waals surface area contributed by atoms with Crippen molar-refractivity contribution in [3.63, 3.8) is 0 Å². The number of likely N-dealkylation sites (N-methyl/N-ethyl adjacent to an activating group) is 1. The Morgan fingerprint density at radius 2 is 1.66 bits per heavy atom. The summed E-state index contributed by atoms with van der Waals surface area (Å²) in [6, 6.07) is 10.6. The van der Waals surface area contributed by atoms with E-state index in [0.717, 1.165) is 19.3 Å². The molecule has 2 N–H and O–H groups in total. The number of hydrogen-bond acceptors (Lipinski definition) is 4. The fraction of sp³-hybridized carbons (Fsp3) is 0.350. The normalized spacial score (nSPS) is 12.8. The van der Waals surface area contributed by atoms with Crippen molar-refractivity contribution in [3.05, 3.63) is 63.6 Å². The zero-order valence-electron chi connectivity index (χ0n) is 16.6. The van der Waals surface area contributed by atoms with Crippen LogP contribution in [0.3, 0.4) is 0 Å². The van der Waals surface area contributed by atoms with E-state index in [2.05, 4.69) is 4.90 Å². The Labute approximate surface area is 182 Å². The first-order valence-corrected chi connectivity index (χ1v) is 11.8. The number of nitrogens with zero attached hydrogens (tertiary/aromatic N) is 2. The number of hydrogen-bond donors (Lipinski definition) is 1. The fourth-order valence-corrected chi connectivity index (χ4v) is 4.85. The molecule has 2 aromatic rings. The lowest BCUT2D eigenvalue weighted by Crippen LogP contribution is -2.41. The molecule has 0 saturated carbocycles. The van der Waals surface area contributed by atoms with Gasteiger partial charge in [0.25, 0.3) is 0 Å². The number of sulfonamides is 1. The second kappa shape index (κ2) is 9.80. The molecule has 0 saturated heterocycles. The van der Waals surface area contributed by atoms with Gasteiger partial charge in [0.05, 0.1) is 18.0 Å². The zero-order chi connectivity index (χ0) is 21.8. The van der Waals surface area contributed by atoms with E-state index in [0.29, 0.717) is 33.4 Å². The van der Waals surface area contributed by atoms with Crippen LogP contribution in [0.1, 0.15) is 35.8 Å². The van der Waals surface area contributed by atoms with Crippen molar-refractivity contribution in [3.8, 4) is 0 Å². The van der Waals surface area contributed by atoms with E-state index in [-0.39, 0.29) is 0 Å². The summed E-state index contributed by atoms with van der Waals surface area (Å²) in [5, 5.41) is 0.856. The van der Waals surface area contributed by atoms with Gasteiger partial charge in [0.15, 0.2) is 0 Å². The number of halogens is 2. The van der Waals surface area contributed by atoms with Gasteiger partial charge in [0.2, 0.25) is 15.9 Å². The van der Waals surface area contributed by atoms with Gasteiger partial charge in [-0.1, -0.05) is 43.1 Å². The van der Waals surface area contributed by atoms with Crippen molar-refractivity contribution in [2.75, 3.05) is 30.2 Å². The quantitative estimate of drug-likeness (QED) is 0.617. The molecule has 0 heterocycles. The lowest BCUT2D eigenvalue weighted by atomic mass is 10.0. The average Bonchev–Trinajstić information content (AvgIpc) is 2.64. The summed E-state index contributed by atoms with van der Waals surface area (Å²) in [5.74, 6) is -0.581. The SMILES string of the molecule is CCN(CC)CC(c1ccc(Cl)cc1Cl)N(c1ccc(C(N)=O)cc1)S(C)(=O)=O. The van der Waals surface area contributed by atoms with Crippen LogP contribution in [0.5, 0.6) is 0 Å². The van der Waals surface area contributed by atoms with E-state index in [9.17, 15) is 13.2 Å². The molecule has 29 heavy (non-hydrogen) atoms. The number of rotatable bonds is 9. The molecule has 0 aliphatic heterocycles. The van der Waals surface area contributed by atoms with E-state index in [4.69, 9.17) is 28.9 Å². The van der Waals surface area contributed by atoms with E-state index >= 15 is 0 Å². The highest BCUT2D eigenvalue weighted by atomic mass is 35.5. The summed E-state index contributed by atoms with van der Waals surface area (Å²) in [6.07, 6.45) is 1.15. The van der Waals surface area contributed by atoms with Crippen LogP contribution in [0.2, 0.25) is 10.0 Å². The minimum Gasteiger partial charge on any atom is -0.366 e. The summed E-state index contributed by atoms with van der Waals surface area (Å²) in [5.41, 5.74) is 6.67. The summed E-state index contributed by atoms with van der Waals surface area (Å²) < 4.78 is 27.0. The summed E-state index contributed by atoms with van der Waals surface area (Å²) in [7, 11) is -3.69. The highest BCUT2D eigenvalue weighted by Crippen LogP contribution is 2.35. The minimum atomic E-state index is -3.69. The van der Waals surface area contributed by atoms with Gasteiger partial charge < -0.3 is 10.6 Å². The standard InChI is InChI=1S/C20H25Cl2N3O3S/c1-4-24(5-2)13-19(17-11-8-15(21)12-18(17)22)25(29(3,27)28)16-9-6-14(7-10-16)20(23)26/h6-12,19H,4-5,13H2,1-3H3,(H2,23,26). The van der Waals surface area contributed by atoms with Crippen LogP contribution >= 0.6 is 23.2 Å². The maximum absolute atomic E-state index is 12.8. The Balaban J connectivity index is 2.65. The third-order valence-electron chi connectivity index (χ3n) is 4.69. The van der Waals surface area contributed by atoms with Crippen LogP contribution < -0.4 is 10.0 Å². The van der Waals surface area contributed by atoms with Gasteiger partial charge >= 0.3 is 0 Å². The number of primary amides is 1. The van der Waals surface area contributed by atoms with E-state index < -0.39 is 22.0 Å². The molecule has 1 unspecified atom stereocenters. The molecule has 0 fully saturated rings. The Morgan fingerprint density at radius 3 is 2.10 bits per heavy atom. The summed E-state index contributed by atoms with van der Waals surface area (Å²) in [4.78, 5) is 13.5. The number of benzene rings is 2. The lowest BCUT2D eigenvalue weighted by Gasteiger charge is -2.35. The molecule has 158 valence electrons. The highest BCUT2D eigenvalue weighted by Gasteiger charge is 2.31. The molecule has 1 amide bonds. The number of anilines is 1. The minimum absolute atomic E-state index is 0.298. The Morgan fingerprint density at radius 1 is 1.07 bits per heavy atom. The Kier molecular flexibility index (Phi) is 7.94. The molecule has 6 nitrogen and oxygen atoms in total. The van der Waals surface area contributed by atoms with Gasteiger partial charge in [-0.15, -0.1) is 0 Å². The van der Waals surface area contributed by atoms with Crippen LogP contribution in [0.4, 0.5) is 5.69 Å². The molecular weight excluding hydrogens is 433 g/mol. The monoisotopic (exact) mass is 457 g/mol. The third kappa shape index (κ3) is 5.85. The van der Waals surface area contributed by atoms with Crippen LogP contribution in [0.15, 0.2) is 42.5 Å². The highest BCUT2D eigenvalue weighted by molar-refractivity contribution is 7.92. The second-order valence-electron chi connectivity index (χ2n) is 6.64. The van der Waals surface area contributed by atoms with Crippen molar-refractivity contribution in [2.45, 2.75) is 19.9 Å². The largest absolute Gasteiger partial charge is 0.366 e. The predicted molar refractivity (Wildman–Crippen MR) is 119 cm³/mol. The number of nitrogens with two attached hydrogens (primary N) is 1. The number of carbonyl (C=O) groups excluding carboxylic acids is 1. The lowest BCUT2D eigenvalue weighted by molar-refractivity contribution is 0.100. The van der Waals surface area contributed by atoms with Crippen molar-refractivity contribution in [2.24, 2.45) is 5.73 Å². The van der Waals surface area contributed by atoms with Crippen molar-refractivity contribution >= 4 is 44.8 Å². The molecule has 0 aliphatic rings. The maximum Gasteiger partial charge on any atom is 0.248 e. The predicted octanol–water partition coefficient (Wildman–Crippen LogP) is 3.94. The number of carbonyl (C=O) groups is 1. The van der Waals surface area contributed by atoms with Gasteiger partial charge in [0.1, 0.15) is 0 Å². The van der Waals surface area contributed by atoms with Crippen LogP contribution in [0.25, 0.3) is 0 Å². The molecule has 2 aromatic carbocycles. The third-order valence-corrected chi connectivity index (χ3v) is 6.44. The maximum atomic E-state index is 12.8. The molecular formula is C20H25Cl2N3O3S. The average molecular weight is 458 g/mol. The Bertz CT molecular complexity index is 961. The van der Waals surface area contributed by atoms with Crippen LogP contribution in [-0.2, 0) is 10.0 Å². The van der Waals surface area contributed by atoms with Gasteiger partial charge in [0, 0.05) is 22.2 Å². The molecule has 1 atom stereocenters. The van der Waals surface area contributed by atoms with Crippen molar-refractivity contribution in [1.29, 1.82) is 0 Å². The van der Waals surface area contributed by atoms with Crippen LogP contribution in [0, 0.1) is 0 Å². The molecule has 0 aromatic heterocycles. The summed E-state index contributed by atoms with van der Waals surface area (Å²) in [6.45, 7) is 5.94. The van der Waals surface area contributed by atoms with E-state index in [1.54, 1.807) is 30.3 Å². The van der Waals surface area contributed by atoms with E-state index in [1.165, 1.54) is 16.4 Å². The topological polar surface area (TPSA) is 83.7 Å². The Hall–Kier alpha value is -1.80. The molecule has 0 radical (unpaired) electrons. The summed E-state index contributed by atoms with van der Waals surface area (Å²) >= 11 is 12.5. The molecule has 9 heteroatoms. The first-order valence-electron chi connectivity index (χ1n) is 9.15. The number of amides is 1. The molecule has 0 bridgehead atoms. The molecule has 0 aliphatic carbocycles. The molecule has 2 rings (SSSR count). The smallest absolute Gasteiger partial charge is 0.248 e. The van der Waals surface area contributed by atoms with Gasteiger partial charge in [-0.2, -0.15) is 0 Å². The first-order chi connectivity index (χ1) is 13.6. The van der Waals surface area contributed by atoms with Gasteiger partial charge in [-0.05, 0) is 55.1 Å². The van der Waals surface area contributed by atoms with Gasteiger partial charge in [-0.25, -0.2) is 8.42 Å².